The first-order valence-corrected chi connectivity index (χ1v) is 16.9. The predicted octanol–water partition coefficient (Wildman–Crippen LogP) is 6.05. The molecule has 242 valence electrons. The summed E-state index contributed by atoms with van der Waals surface area (Å²) in [6.45, 7) is 14.4. The number of fused-ring (bicyclic) bond motifs is 3. The van der Waals surface area contributed by atoms with Gasteiger partial charge in [0.1, 0.15) is 11.7 Å². The number of allylic oxidation sites excluding steroid dienone is 1. The van der Waals surface area contributed by atoms with Crippen LogP contribution in [0.1, 0.15) is 75.6 Å². The molecule has 1 aromatic rings. The van der Waals surface area contributed by atoms with E-state index >= 15 is 4.79 Å². The van der Waals surface area contributed by atoms with Gasteiger partial charge in [-0.2, -0.15) is 0 Å². The van der Waals surface area contributed by atoms with Gasteiger partial charge in [-0.1, -0.05) is 75.2 Å². The molecular formula is C36H44ClNO7. The fraction of sp³-hybridized carbons (Fsp3) is 0.639. The van der Waals surface area contributed by atoms with Gasteiger partial charge in [0.2, 0.25) is 0 Å². The Balaban J connectivity index is 1.31. The quantitative estimate of drug-likeness (QED) is 0.184. The Hall–Kier alpha value is -2.52. The molecule has 2 heterocycles. The van der Waals surface area contributed by atoms with E-state index in [0.29, 0.717) is 48.1 Å². The first-order chi connectivity index (χ1) is 21.5. The molecule has 1 aromatic carbocycles. The van der Waals surface area contributed by atoms with E-state index in [2.05, 4.69) is 38.3 Å². The molecule has 8 nitrogen and oxygen atoms in total. The predicted molar refractivity (Wildman–Crippen MR) is 167 cm³/mol. The van der Waals surface area contributed by atoms with Crippen molar-refractivity contribution in [1.29, 1.82) is 0 Å². The number of hydrogen-bond donors (Lipinski definition) is 0. The zero-order valence-corrected chi connectivity index (χ0v) is 27.4. The van der Waals surface area contributed by atoms with Gasteiger partial charge in [0, 0.05) is 35.6 Å². The molecule has 4 fully saturated rings. The van der Waals surface area contributed by atoms with E-state index < -0.39 is 40.8 Å². The van der Waals surface area contributed by atoms with Gasteiger partial charge in [0.25, 0.3) is 6.29 Å². The fourth-order valence-electron chi connectivity index (χ4n) is 10.7. The van der Waals surface area contributed by atoms with Crippen LogP contribution in [0, 0.1) is 45.8 Å². The smallest absolute Gasteiger partial charge is 0.342 e. The van der Waals surface area contributed by atoms with Gasteiger partial charge >= 0.3 is 11.9 Å². The number of carbonyl (C=O) groups is 3. The topological polar surface area (TPSA) is 91.4 Å². The zero-order chi connectivity index (χ0) is 31.9. The van der Waals surface area contributed by atoms with Crippen LogP contribution in [0.4, 0.5) is 0 Å². The molecular weight excluding hydrogens is 594 g/mol. The summed E-state index contributed by atoms with van der Waals surface area (Å²) in [6.07, 6.45) is 4.86. The summed E-state index contributed by atoms with van der Waals surface area (Å²) in [4.78, 5) is 43.9. The number of nitrogens with zero attached hydrogens (tertiary/aromatic N) is 1. The Bertz CT molecular complexity index is 1460. The summed E-state index contributed by atoms with van der Waals surface area (Å²) in [6, 6.07) is 7.00. The molecule has 6 aliphatic rings. The van der Waals surface area contributed by atoms with Gasteiger partial charge < -0.3 is 23.7 Å². The van der Waals surface area contributed by atoms with E-state index in [1.54, 1.807) is 24.3 Å². The average molecular weight is 638 g/mol. The third kappa shape index (κ3) is 4.31. The molecule has 10 atom stereocenters. The highest BCUT2D eigenvalue weighted by atomic mass is 35.5. The molecule has 4 aliphatic carbocycles. The third-order valence-electron chi connectivity index (χ3n) is 12.2. The fourth-order valence-corrected chi connectivity index (χ4v) is 10.9. The molecule has 0 N–H and O–H groups in total. The average Bonchev–Trinajstić information content (AvgIpc) is 3.66. The number of esters is 2. The maximum absolute atomic E-state index is 15.2. The maximum atomic E-state index is 15.2. The molecule has 0 spiro atoms. The van der Waals surface area contributed by atoms with Crippen LogP contribution in [0.3, 0.4) is 0 Å². The van der Waals surface area contributed by atoms with Crippen LogP contribution >= 0.6 is 11.6 Å². The number of cyclic esters (lactones) is 1. The number of ether oxygens (including phenoxy) is 4. The van der Waals surface area contributed by atoms with Gasteiger partial charge in [-0.15, -0.1) is 0 Å². The molecule has 2 aliphatic heterocycles. The van der Waals surface area contributed by atoms with E-state index in [1.807, 2.05) is 6.92 Å². The Morgan fingerprint density at radius 3 is 2.71 bits per heavy atom. The van der Waals surface area contributed by atoms with Crippen molar-refractivity contribution in [2.45, 2.75) is 72.1 Å². The molecule has 7 rings (SSSR count). The number of halogens is 1. The van der Waals surface area contributed by atoms with Crippen LogP contribution < -0.4 is 0 Å². The van der Waals surface area contributed by atoms with Crippen molar-refractivity contribution in [3.63, 3.8) is 0 Å². The normalized spacial score (nSPS) is 41.4. The second-order valence-corrected chi connectivity index (χ2v) is 15.3. The van der Waals surface area contributed by atoms with Crippen molar-refractivity contribution in [2.24, 2.45) is 45.8 Å². The lowest BCUT2D eigenvalue weighted by Gasteiger charge is -2.59. The molecule has 9 heteroatoms. The Labute approximate surface area is 270 Å². The number of benzene rings is 1. The van der Waals surface area contributed by atoms with E-state index in [0.717, 1.165) is 31.1 Å². The molecule has 1 saturated heterocycles. The molecule has 4 bridgehead atoms. The van der Waals surface area contributed by atoms with E-state index in [9.17, 15) is 9.59 Å². The minimum atomic E-state index is -1.25. The molecule has 1 unspecified atom stereocenters. The molecule has 45 heavy (non-hydrogen) atoms. The zero-order valence-electron chi connectivity index (χ0n) is 26.6. The number of aldehydes is 1. The van der Waals surface area contributed by atoms with Gasteiger partial charge in [0.15, 0.2) is 6.29 Å². The van der Waals surface area contributed by atoms with Crippen molar-refractivity contribution in [3.05, 3.63) is 58.7 Å². The van der Waals surface area contributed by atoms with E-state index in [4.69, 9.17) is 30.5 Å². The highest BCUT2D eigenvalue weighted by Gasteiger charge is 2.85. The van der Waals surface area contributed by atoms with Crippen molar-refractivity contribution >= 4 is 29.8 Å². The summed E-state index contributed by atoms with van der Waals surface area (Å²) in [7, 11) is 0. The summed E-state index contributed by atoms with van der Waals surface area (Å²) in [5.74, 6) is -0.263. The van der Waals surface area contributed by atoms with Crippen LogP contribution in [0.5, 0.6) is 0 Å². The van der Waals surface area contributed by atoms with E-state index in [-0.39, 0.29) is 36.4 Å². The largest absolute Gasteiger partial charge is 0.420 e. The Kier molecular flexibility index (Phi) is 7.63. The van der Waals surface area contributed by atoms with Crippen LogP contribution in [-0.4, -0.2) is 61.8 Å². The number of morpholine rings is 1. The van der Waals surface area contributed by atoms with Crippen LogP contribution in [0.2, 0.25) is 0 Å². The second-order valence-electron chi connectivity index (χ2n) is 14.8. The summed E-state index contributed by atoms with van der Waals surface area (Å²) in [5.41, 5.74) is -1.02. The summed E-state index contributed by atoms with van der Waals surface area (Å²) in [5, 5.41) is 0.557. The lowest BCUT2D eigenvalue weighted by molar-refractivity contribution is -0.240. The van der Waals surface area contributed by atoms with E-state index in [1.165, 1.54) is 0 Å². The van der Waals surface area contributed by atoms with Crippen molar-refractivity contribution in [2.75, 3.05) is 26.2 Å². The number of carbonyl (C=O) groups excluding carboxylic acids is 3. The SMILES string of the molecule is C=C(Cl)CN1C[C@H](OC[C@@]23C[C@@H]4[C@H](C)CC[C@H]4[C@@]4(C=O)C[C@@H]2C=C(C(C)C)[C@@]34C(=O)OC2OC(=O)c3ccccc32)O[C@H](C)C1. The first-order valence-electron chi connectivity index (χ1n) is 16.5. The second kappa shape index (κ2) is 11.0. The Morgan fingerprint density at radius 1 is 1.20 bits per heavy atom. The van der Waals surface area contributed by atoms with Gasteiger partial charge in [-0.3, -0.25) is 9.69 Å². The molecule has 0 aromatic heterocycles. The van der Waals surface area contributed by atoms with Gasteiger partial charge in [0.05, 0.1) is 23.7 Å². The lowest BCUT2D eigenvalue weighted by Crippen LogP contribution is -2.64. The lowest BCUT2D eigenvalue weighted by atomic mass is 9.43. The molecule has 0 amide bonds. The minimum absolute atomic E-state index is 0.00785. The molecule has 0 radical (unpaired) electrons. The standard InChI is InChI=1S/C36H44ClNO7/c1-20(2)29-12-24-13-34(18-39)28-11-10-21(3)27(28)14-35(24,19-42-30-17-38(15-22(4)37)16-23(5)43-30)36(29,34)33(41)45-32-26-9-7-6-8-25(26)31(40)44-32/h6-9,12,18,20-21,23-24,27-28,30,32H,4,10-11,13-17,19H2,1-3,5H3/t21-,23-,24+,27-,28-,30-,32?,34+,35+,36+/m1/s1. The Morgan fingerprint density at radius 2 is 1.98 bits per heavy atom. The summed E-state index contributed by atoms with van der Waals surface area (Å²) < 4.78 is 25.0. The van der Waals surface area contributed by atoms with Gasteiger partial charge in [-0.25, -0.2) is 4.79 Å². The van der Waals surface area contributed by atoms with Crippen molar-refractivity contribution < 1.29 is 33.3 Å². The van der Waals surface area contributed by atoms with Gasteiger partial charge in [-0.05, 0) is 61.8 Å². The maximum Gasteiger partial charge on any atom is 0.342 e. The third-order valence-corrected chi connectivity index (χ3v) is 12.3. The first kappa shape index (κ1) is 31.1. The van der Waals surface area contributed by atoms with Crippen LogP contribution in [0.15, 0.2) is 47.5 Å². The highest BCUT2D eigenvalue weighted by Crippen LogP contribution is 2.83. The summed E-state index contributed by atoms with van der Waals surface area (Å²) >= 11 is 6.17. The number of hydrogen-bond acceptors (Lipinski definition) is 8. The van der Waals surface area contributed by atoms with Crippen molar-refractivity contribution in [3.8, 4) is 0 Å². The minimum Gasteiger partial charge on any atom is -0.420 e. The van der Waals surface area contributed by atoms with Crippen LogP contribution in [-0.2, 0) is 28.5 Å². The van der Waals surface area contributed by atoms with Crippen LogP contribution in [0.25, 0.3) is 0 Å². The highest BCUT2D eigenvalue weighted by molar-refractivity contribution is 6.29. The number of rotatable bonds is 9. The molecule has 3 saturated carbocycles. The monoisotopic (exact) mass is 637 g/mol. The van der Waals surface area contributed by atoms with Crippen molar-refractivity contribution in [1.82, 2.24) is 4.90 Å².